The van der Waals surface area contributed by atoms with Crippen molar-refractivity contribution in [3.05, 3.63) is 0 Å². The third-order valence-corrected chi connectivity index (χ3v) is 10.3. The zero-order valence-electron chi connectivity index (χ0n) is 26.8. The predicted octanol–water partition coefficient (Wildman–Crippen LogP) is -6.13. The quantitative estimate of drug-likeness (QED) is 0.0598. The van der Waals surface area contributed by atoms with Gasteiger partial charge in [0, 0.05) is 18.8 Å². The van der Waals surface area contributed by atoms with Crippen molar-refractivity contribution < 1.29 is 99.0 Å². The van der Waals surface area contributed by atoms with Gasteiger partial charge in [0.25, 0.3) is 0 Å². The third kappa shape index (κ3) is 8.55. The largest absolute Gasteiger partial charge is 0.481 e. The average molecular weight is 728 g/mol. The number of carboxylic acids is 1. The van der Waals surface area contributed by atoms with Crippen molar-refractivity contribution in [1.82, 2.24) is 0 Å². The second kappa shape index (κ2) is 16.3. The molecule has 20 heteroatoms. The zero-order valence-corrected chi connectivity index (χ0v) is 26.8. The number of aliphatic hydroxyl groups excluding tert-OH is 10. The number of rotatable bonds is 9. The van der Waals surface area contributed by atoms with Crippen molar-refractivity contribution in [3.8, 4) is 0 Å². The Hall–Kier alpha value is -2.15. The van der Waals surface area contributed by atoms with E-state index < -0.39 is 141 Å². The normalized spacial score (nSPS) is 48.2. The Kier molecular flexibility index (Phi) is 12.7. The fourth-order valence-electron chi connectivity index (χ4n) is 7.58. The maximum atomic E-state index is 13.0. The number of aliphatic carboxylic acids is 1. The van der Waals surface area contributed by atoms with Crippen LogP contribution in [0.15, 0.2) is 0 Å². The fourth-order valence-corrected chi connectivity index (χ4v) is 7.58. The van der Waals surface area contributed by atoms with Crippen molar-refractivity contribution in [1.29, 1.82) is 0 Å². The molecule has 5 fully saturated rings. The number of carbonyl (C=O) groups excluding carboxylic acids is 2. The summed E-state index contributed by atoms with van der Waals surface area (Å²) in [5.41, 5.74) is 0. The smallest absolute Gasteiger partial charge is 0.338 e. The summed E-state index contributed by atoms with van der Waals surface area (Å²) in [6.45, 7) is -0.849. The molecule has 9 unspecified atom stereocenters. The lowest BCUT2D eigenvalue weighted by atomic mass is 9.72. The molecule has 3 heterocycles. The highest BCUT2D eigenvalue weighted by Crippen LogP contribution is 2.42. The first-order chi connectivity index (χ1) is 23.5. The summed E-state index contributed by atoms with van der Waals surface area (Å²) in [6.07, 6.45) is -25.2. The highest BCUT2D eigenvalue weighted by atomic mass is 16.7. The van der Waals surface area contributed by atoms with Crippen LogP contribution in [-0.2, 0) is 38.1 Å². The summed E-state index contributed by atoms with van der Waals surface area (Å²) in [7, 11) is 0. The zero-order chi connectivity index (χ0) is 36.6. The van der Waals surface area contributed by atoms with E-state index >= 15 is 0 Å². The minimum atomic E-state index is -2.12. The first-order valence-corrected chi connectivity index (χ1v) is 16.6. The van der Waals surface area contributed by atoms with Crippen molar-refractivity contribution >= 4 is 17.9 Å². The van der Waals surface area contributed by atoms with Crippen LogP contribution in [0.5, 0.6) is 0 Å². The Morgan fingerprint density at radius 1 is 0.740 bits per heavy atom. The predicted molar refractivity (Wildman–Crippen MR) is 156 cm³/mol. The highest BCUT2D eigenvalue weighted by molar-refractivity contribution is 5.90. The van der Waals surface area contributed by atoms with Crippen LogP contribution < -0.4 is 0 Å². The van der Waals surface area contributed by atoms with E-state index in [1.54, 1.807) is 0 Å². The van der Waals surface area contributed by atoms with Gasteiger partial charge in [0.15, 0.2) is 37.0 Å². The molecule has 0 aromatic rings. The maximum Gasteiger partial charge on any atom is 0.338 e. The monoisotopic (exact) mass is 727 g/mol. The summed E-state index contributed by atoms with van der Waals surface area (Å²) < 4.78 is 32.1. The van der Waals surface area contributed by atoms with Gasteiger partial charge in [0.05, 0.1) is 30.3 Å². The van der Waals surface area contributed by atoms with Crippen LogP contribution in [0.3, 0.4) is 0 Å². The number of ether oxygens (including phenoxy) is 6. The van der Waals surface area contributed by atoms with Gasteiger partial charge in [-0.05, 0) is 25.7 Å². The molecule has 20 nitrogen and oxygen atoms in total. The molecule has 12 N–H and O–H groups in total. The lowest BCUT2D eigenvalue weighted by Gasteiger charge is -2.48. The summed E-state index contributed by atoms with van der Waals surface area (Å²) in [5, 5.41) is 113. The second-order valence-electron chi connectivity index (χ2n) is 13.8. The SMILES string of the molecule is O=C(O)CC(=O)OC[C@H]1O[C@@H](OC2CC3C(O)CC(O)CC3[OH+]C2C2CCC(O)C(O)C2)[C@H](O)[C@@H](O)[C@@H]1OC(=O)[C@@H]1O[C@H](O)[C@@H](O)[C@H](O)[C@H]1O. The Labute approximate surface area is 284 Å². The standard InChI is InChI=1S/C30H46O20/c31-10-4-13(33)11-6-16(25(46-15(11)5-10)9-1-2-12(32)14(34)3-9)47-30-24(42)22(40)26(17(48-30)8-45-19(37)7-18(35)36)49-29(44)27-21(39)20(38)23(41)28(43)50-27/h9-17,20-28,30-34,38-43H,1-8H2,(H,35,36)/p+1/t9?,10?,11?,12?,13?,14?,15?,16?,17-,20-,21-,22-,23+,24-,25?,26-,27-,28+,30-/m1/s1. The molecule has 19 atom stereocenters. The Morgan fingerprint density at radius 3 is 2.14 bits per heavy atom. The lowest BCUT2D eigenvalue weighted by molar-refractivity contribution is -0.357. The number of hydrogen-bond donors (Lipinski definition) is 11. The van der Waals surface area contributed by atoms with E-state index in [-0.39, 0.29) is 38.0 Å². The third-order valence-electron chi connectivity index (χ3n) is 10.3. The van der Waals surface area contributed by atoms with Gasteiger partial charge in [-0.2, -0.15) is 0 Å². The fraction of sp³-hybridized carbons (Fsp3) is 0.900. The summed E-state index contributed by atoms with van der Waals surface area (Å²) >= 11 is 0. The van der Waals surface area contributed by atoms with Crippen LogP contribution in [0.4, 0.5) is 0 Å². The number of hydrogen-bond acceptors (Lipinski definition) is 18. The van der Waals surface area contributed by atoms with Crippen LogP contribution in [-0.4, -0.2) is 190 Å². The van der Waals surface area contributed by atoms with Gasteiger partial charge in [0.1, 0.15) is 55.8 Å². The van der Waals surface area contributed by atoms with E-state index in [0.29, 0.717) is 6.42 Å². The molecule has 0 radical (unpaired) electrons. The Balaban J connectivity index is 1.36. The van der Waals surface area contributed by atoms with Gasteiger partial charge >= 0.3 is 17.9 Å². The van der Waals surface area contributed by atoms with Gasteiger partial charge in [0.2, 0.25) is 0 Å². The molecule has 286 valence electrons. The van der Waals surface area contributed by atoms with E-state index in [0.717, 1.165) is 0 Å². The van der Waals surface area contributed by atoms with Gasteiger partial charge in [-0.1, -0.05) is 0 Å². The maximum absolute atomic E-state index is 13.0. The molecule has 5 rings (SSSR count). The first-order valence-electron chi connectivity index (χ1n) is 16.6. The topological polar surface area (TPSA) is 333 Å². The van der Waals surface area contributed by atoms with Crippen LogP contribution in [0, 0.1) is 11.8 Å². The highest BCUT2D eigenvalue weighted by Gasteiger charge is 2.56. The summed E-state index contributed by atoms with van der Waals surface area (Å²) in [6, 6.07) is 0. The molecule has 0 aromatic heterocycles. The molecule has 3 aliphatic heterocycles. The van der Waals surface area contributed by atoms with Crippen molar-refractivity contribution in [2.75, 3.05) is 6.61 Å². The molecule has 3 saturated heterocycles. The van der Waals surface area contributed by atoms with Crippen LogP contribution >= 0.6 is 0 Å². The molecule has 0 aromatic carbocycles. The lowest BCUT2D eigenvalue weighted by Crippen LogP contribution is -2.65. The number of carbonyl (C=O) groups is 3. The number of aliphatic hydroxyl groups is 12. The molecule has 5 aliphatic rings. The van der Waals surface area contributed by atoms with E-state index in [1.165, 1.54) is 0 Å². The number of esters is 2. The first kappa shape index (κ1) is 39.1. The molecule has 2 saturated carbocycles. The summed E-state index contributed by atoms with van der Waals surface area (Å²) in [4.78, 5) is 36.1. The van der Waals surface area contributed by atoms with Crippen LogP contribution in [0.1, 0.15) is 44.9 Å². The van der Waals surface area contributed by atoms with Crippen molar-refractivity contribution in [2.45, 2.75) is 149 Å². The Bertz CT molecular complexity index is 1190. The molecular weight excluding hydrogens is 680 g/mol. The molecular formula is C30H47O20+. The minimum Gasteiger partial charge on any atom is -0.481 e. The molecule has 0 amide bonds. The van der Waals surface area contributed by atoms with Gasteiger partial charge in [-0.3, -0.25) is 9.59 Å². The average Bonchev–Trinajstić information content (AvgIpc) is 3.05. The van der Waals surface area contributed by atoms with Crippen LogP contribution in [0.25, 0.3) is 0 Å². The van der Waals surface area contributed by atoms with Gasteiger partial charge < -0.3 is 84.6 Å². The van der Waals surface area contributed by atoms with Gasteiger partial charge in [-0.15, -0.1) is 0 Å². The van der Waals surface area contributed by atoms with E-state index in [9.17, 15) is 65.4 Å². The van der Waals surface area contributed by atoms with Crippen molar-refractivity contribution in [3.63, 3.8) is 0 Å². The van der Waals surface area contributed by atoms with Crippen LogP contribution in [0.2, 0.25) is 0 Å². The number of carboxylic acid groups (broad SMARTS) is 1. The molecule has 2 aliphatic carbocycles. The molecule has 0 spiro atoms. The Morgan fingerprint density at radius 2 is 1.46 bits per heavy atom. The van der Waals surface area contributed by atoms with E-state index in [1.807, 2.05) is 0 Å². The number of fused-ring (bicyclic) bond motifs is 1. The molecule has 0 bridgehead atoms. The minimum absolute atomic E-state index is 0.0902. The second-order valence-corrected chi connectivity index (χ2v) is 13.8. The van der Waals surface area contributed by atoms with E-state index in [2.05, 4.69) is 0 Å². The molecule has 50 heavy (non-hydrogen) atoms. The van der Waals surface area contributed by atoms with E-state index in [4.69, 9.17) is 33.5 Å². The van der Waals surface area contributed by atoms with Gasteiger partial charge in [-0.25, -0.2) is 4.79 Å². The van der Waals surface area contributed by atoms with Crippen molar-refractivity contribution in [2.24, 2.45) is 11.8 Å². The summed E-state index contributed by atoms with van der Waals surface area (Å²) in [5.74, 6) is -5.07.